The van der Waals surface area contributed by atoms with E-state index in [2.05, 4.69) is 43.7 Å². The van der Waals surface area contributed by atoms with Gasteiger partial charge in [-0.2, -0.15) is 0 Å². The molecule has 1 amide bonds. The average Bonchev–Trinajstić information content (AvgIpc) is 3.21. The fourth-order valence-electron chi connectivity index (χ4n) is 4.49. The number of carbonyl (C=O) groups is 1. The van der Waals surface area contributed by atoms with Gasteiger partial charge in [0.2, 0.25) is 0 Å². The summed E-state index contributed by atoms with van der Waals surface area (Å²) in [4.78, 5) is 12.8. The van der Waals surface area contributed by atoms with Crippen LogP contribution in [0.5, 0.6) is 0 Å². The molecule has 1 aliphatic heterocycles. The Morgan fingerprint density at radius 1 is 1.03 bits per heavy atom. The standard InChI is InChI=1S/C27H31ClN2O3.HI/c1-19-25(16-26(33-19)22-8-10-23(28)11-9-22)27(31)29-17-20-4-6-21(7-5-20)18-30(2,3)24-12-14-32-15-13-24;/h4-11,16,24H,12-15,17-18H2,1-3H3;1H. The van der Waals surface area contributed by atoms with Crippen molar-refractivity contribution in [2.45, 2.75) is 38.9 Å². The molecule has 1 N–H and O–H groups in total. The van der Waals surface area contributed by atoms with Gasteiger partial charge in [0.15, 0.2) is 0 Å². The molecule has 2 aromatic carbocycles. The van der Waals surface area contributed by atoms with E-state index in [1.165, 1.54) is 5.56 Å². The van der Waals surface area contributed by atoms with E-state index in [-0.39, 0.29) is 29.9 Å². The molecule has 0 aliphatic carbocycles. The van der Waals surface area contributed by atoms with Crippen molar-refractivity contribution in [1.82, 2.24) is 5.32 Å². The number of benzene rings is 2. The SMILES string of the molecule is Cc1oc(-c2ccc(Cl)cc2)cc1C(=O)NCc1ccc(C[N+](C)(C)C2CCOCC2)cc1.[I-]. The highest BCUT2D eigenvalue weighted by Crippen LogP contribution is 2.27. The summed E-state index contributed by atoms with van der Waals surface area (Å²) in [6, 6.07) is 18.3. The number of quaternary nitrogens is 1. The normalized spacial score (nSPS) is 14.5. The number of nitrogens with one attached hydrogen (secondary N) is 1. The third-order valence-corrected chi connectivity index (χ3v) is 6.79. The Hall–Kier alpha value is -1.87. The average molecular weight is 595 g/mol. The first-order valence-electron chi connectivity index (χ1n) is 11.4. The van der Waals surface area contributed by atoms with Crippen molar-refractivity contribution in [2.75, 3.05) is 27.3 Å². The second-order valence-electron chi connectivity index (χ2n) is 9.37. The van der Waals surface area contributed by atoms with Crippen LogP contribution in [0.2, 0.25) is 5.02 Å². The first kappa shape index (κ1) is 26.7. The van der Waals surface area contributed by atoms with E-state index in [4.69, 9.17) is 20.8 Å². The molecule has 182 valence electrons. The molecule has 0 saturated carbocycles. The van der Waals surface area contributed by atoms with Crippen LogP contribution in [0.4, 0.5) is 0 Å². The second-order valence-corrected chi connectivity index (χ2v) is 9.80. The van der Waals surface area contributed by atoms with Crippen LogP contribution in [0.15, 0.2) is 59.0 Å². The third kappa shape index (κ3) is 6.62. The molecule has 34 heavy (non-hydrogen) atoms. The summed E-state index contributed by atoms with van der Waals surface area (Å²) < 4.78 is 12.3. The highest BCUT2D eigenvalue weighted by atomic mass is 127. The van der Waals surface area contributed by atoms with Gasteiger partial charge in [-0.3, -0.25) is 4.79 Å². The van der Waals surface area contributed by atoms with Crippen LogP contribution in [0.3, 0.4) is 0 Å². The topological polar surface area (TPSA) is 51.5 Å². The Labute approximate surface area is 224 Å². The number of rotatable bonds is 7. The summed E-state index contributed by atoms with van der Waals surface area (Å²) in [6.07, 6.45) is 2.23. The lowest BCUT2D eigenvalue weighted by Crippen LogP contribution is -3.00. The van der Waals surface area contributed by atoms with Crippen molar-refractivity contribution in [1.29, 1.82) is 0 Å². The van der Waals surface area contributed by atoms with Crippen molar-refractivity contribution in [3.8, 4) is 11.3 Å². The quantitative estimate of drug-likeness (QED) is 0.338. The number of hydrogen-bond acceptors (Lipinski definition) is 3. The highest BCUT2D eigenvalue weighted by Gasteiger charge is 2.30. The monoisotopic (exact) mass is 594 g/mol. The van der Waals surface area contributed by atoms with Gasteiger partial charge in [-0.25, -0.2) is 0 Å². The lowest BCUT2D eigenvalue weighted by atomic mass is 10.0. The first-order valence-corrected chi connectivity index (χ1v) is 11.8. The number of nitrogens with zero attached hydrogens (tertiary/aromatic N) is 1. The predicted molar refractivity (Wildman–Crippen MR) is 131 cm³/mol. The smallest absolute Gasteiger partial charge is 0.255 e. The van der Waals surface area contributed by atoms with E-state index in [0.29, 0.717) is 34.7 Å². The molecule has 0 radical (unpaired) electrons. The van der Waals surface area contributed by atoms with Gasteiger partial charge in [-0.15, -0.1) is 0 Å². The number of ether oxygens (including phenoxy) is 1. The summed E-state index contributed by atoms with van der Waals surface area (Å²) in [6.45, 7) is 4.99. The largest absolute Gasteiger partial charge is 1.00 e. The van der Waals surface area contributed by atoms with E-state index in [1.54, 1.807) is 6.07 Å². The Kier molecular flexibility index (Phi) is 9.20. The van der Waals surface area contributed by atoms with Crippen LogP contribution in [-0.2, 0) is 17.8 Å². The molecule has 0 atom stereocenters. The first-order chi connectivity index (χ1) is 15.8. The van der Waals surface area contributed by atoms with Crippen LogP contribution < -0.4 is 29.3 Å². The van der Waals surface area contributed by atoms with Gasteiger partial charge in [0.1, 0.15) is 18.1 Å². The Bertz CT molecular complexity index is 1090. The molecule has 2 heterocycles. The maximum atomic E-state index is 12.8. The Morgan fingerprint density at radius 3 is 2.29 bits per heavy atom. The summed E-state index contributed by atoms with van der Waals surface area (Å²) in [5, 5.41) is 3.68. The molecule has 1 aromatic heterocycles. The van der Waals surface area contributed by atoms with Crippen molar-refractivity contribution >= 4 is 17.5 Å². The molecule has 4 rings (SSSR count). The number of carbonyl (C=O) groups excluding carboxylic acids is 1. The molecule has 3 aromatic rings. The van der Waals surface area contributed by atoms with E-state index < -0.39 is 0 Å². The van der Waals surface area contributed by atoms with Crippen molar-refractivity contribution in [3.05, 3.63) is 82.1 Å². The zero-order valence-corrected chi connectivity index (χ0v) is 22.9. The van der Waals surface area contributed by atoms with E-state index in [1.807, 2.05) is 31.2 Å². The predicted octanol–water partition coefficient (Wildman–Crippen LogP) is 2.60. The zero-order valence-electron chi connectivity index (χ0n) is 19.9. The molecule has 1 saturated heterocycles. The van der Waals surface area contributed by atoms with Crippen molar-refractivity contribution in [3.63, 3.8) is 0 Å². The zero-order chi connectivity index (χ0) is 23.4. The van der Waals surface area contributed by atoms with Crippen LogP contribution in [0, 0.1) is 6.92 Å². The maximum absolute atomic E-state index is 12.8. The molecule has 1 aliphatic rings. The minimum Gasteiger partial charge on any atom is -1.00 e. The van der Waals surface area contributed by atoms with Gasteiger partial charge in [-0.05, 0) is 42.8 Å². The van der Waals surface area contributed by atoms with Gasteiger partial charge in [0.25, 0.3) is 5.91 Å². The van der Waals surface area contributed by atoms with Crippen LogP contribution >= 0.6 is 11.6 Å². The van der Waals surface area contributed by atoms with Gasteiger partial charge >= 0.3 is 0 Å². The van der Waals surface area contributed by atoms with Gasteiger partial charge in [0.05, 0.1) is 38.9 Å². The molecule has 1 fully saturated rings. The number of halogens is 2. The van der Waals surface area contributed by atoms with Gasteiger partial charge < -0.3 is 42.9 Å². The Morgan fingerprint density at radius 2 is 1.65 bits per heavy atom. The van der Waals surface area contributed by atoms with Crippen molar-refractivity contribution < 1.29 is 42.4 Å². The summed E-state index contributed by atoms with van der Waals surface area (Å²) in [5.74, 6) is 1.11. The van der Waals surface area contributed by atoms with Crippen LogP contribution in [0.1, 0.15) is 40.1 Å². The molecule has 0 unspecified atom stereocenters. The summed E-state index contributed by atoms with van der Waals surface area (Å²) in [7, 11) is 4.60. The van der Waals surface area contributed by atoms with Crippen LogP contribution in [-0.4, -0.2) is 43.7 Å². The fraction of sp³-hybridized carbons (Fsp3) is 0.370. The number of hydrogen-bond donors (Lipinski definition) is 1. The van der Waals surface area contributed by atoms with Crippen LogP contribution in [0.25, 0.3) is 11.3 Å². The van der Waals surface area contributed by atoms with Gasteiger partial charge in [0, 0.05) is 35.5 Å². The third-order valence-electron chi connectivity index (χ3n) is 6.54. The second kappa shape index (κ2) is 11.7. The fourth-order valence-corrected chi connectivity index (χ4v) is 4.61. The summed E-state index contributed by atoms with van der Waals surface area (Å²) in [5.41, 5.74) is 3.81. The van der Waals surface area contributed by atoms with Crippen molar-refractivity contribution in [2.24, 2.45) is 0 Å². The molecule has 5 nitrogen and oxygen atoms in total. The molecule has 7 heteroatoms. The highest BCUT2D eigenvalue weighted by molar-refractivity contribution is 6.30. The minimum absolute atomic E-state index is 0. The van der Waals surface area contributed by atoms with E-state index >= 15 is 0 Å². The number of furan rings is 1. The lowest BCUT2D eigenvalue weighted by Gasteiger charge is -2.40. The maximum Gasteiger partial charge on any atom is 0.255 e. The van der Waals surface area contributed by atoms with E-state index in [0.717, 1.165) is 48.2 Å². The molecule has 0 spiro atoms. The molecular weight excluding hydrogens is 563 g/mol. The lowest BCUT2D eigenvalue weighted by molar-refractivity contribution is -0.929. The molecular formula is C27H32ClIN2O3. The van der Waals surface area contributed by atoms with Gasteiger partial charge in [-0.1, -0.05) is 35.9 Å². The minimum atomic E-state index is -0.141. The summed E-state index contributed by atoms with van der Waals surface area (Å²) >= 11 is 5.96. The van der Waals surface area contributed by atoms with E-state index in [9.17, 15) is 4.79 Å². The molecule has 0 bridgehead atoms. The Balaban J connectivity index is 0.00000324. The number of amides is 1. The number of aryl methyl sites for hydroxylation is 1.